The number of alkyl carbamates (subject to hydrolysis) is 1. The Bertz CT molecular complexity index is 1040. The van der Waals surface area contributed by atoms with Crippen LogP contribution in [0.4, 0.5) is 4.79 Å². The molecule has 0 bridgehead atoms. The minimum atomic E-state index is -0.797. The van der Waals surface area contributed by atoms with Gasteiger partial charge in [-0.3, -0.25) is 9.59 Å². The van der Waals surface area contributed by atoms with Gasteiger partial charge in [0.25, 0.3) is 0 Å². The molecule has 7 heteroatoms. The molecule has 4 rings (SSSR count). The highest BCUT2D eigenvalue weighted by Crippen LogP contribution is 2.44. The number of carbonyl (C=O) groups excluding carboxylic acids is 2. The van der Waals surface area contributed by atoms with Gasteiger partial charge in [-0.25, -0.2) is 4.79 Å². The van der Waals surface area contributed by atoms with E-state index in [2.05, 4.69) is 34.9 Å². The predicted molar refractivity (Wildman–Crippen MR) is 133 cm³/mol. The number of fused-ring (bicyclic) bond motifs is 3. The number of benzene rings is 2. The van der Waals surface area contributed by atoms with E-state index in [1.165, 1.54) is 11.1 Å². The maximum Gasteiger partial charge on any atom is 0.407 e. The van der Waals surface area contributed by atoms with Crippen LogP contribution in [0.15, 0.2) is 48.5 Å². The highest BCUT2D eigenvalue weighted by molar-refractivity contribution is 5.81. The van der Waals surface area contributed by atoms with Crippen molar-refractivity contribution in [3.63, 3.8) is 0 Å². The van der Waals surface area contributed by atoms with E-state index in [1.54, 1.807) is 0 Å². The maximum absolute atomic E-state index is 12.9. The van der Waals surface area contributed by atoms with E-state index in [0.717, 1.165) is 24.0 Å². The smallest absolute Gasteiger partial charge is 0.407 e. The third-order valence-corrected chi connectivity index (χ3v) is 7.30. The molecule has 186 valence electrons. The zero-order valence-corrected chi connectivity index (χ0v) is 20.3. The summed E-state index contributed by atoms with van der Waals surface area (Å²) in [5.41, 5.74) is 4.65. The van der Waals surface area contributed by atoms with Crippen LogP contribution >= 0.6 is 0 Å². The molecule has 2 amide bonds. The topological polar surface area (TPSA) is 105 Å². The maximum atomic E-state index is 12.9. The van der Waals surface area contributed by atoms with Gasteiger partial charge in [-0.05, 0) is 53.4 Å². The second-order valence-corrected chi connectivity index (χ2v) is 10.0. The average Bonchev–Trinajstić information content (AvgIpc) is 3.39. The molecule has 2 aromatic rings. The summed E-state index contributed by atoms with van der Waals surface area (Å²) in [6.07, 6.45) is 1.88. The number of carbonyl (C=O) groups is 3. The normalized spacial score (nSPS) is 19.6. The van der Waals surface area contributed by atoms with Crippen molar-refractivity contribution in [2.24, 2.45) is 17.8 Å². The van der Waals surface area contributed by atoms with Crippen molar-refractivity contribution >= 4 is 18.0 Å². The van der Waals surface area contributed by atoms with Gasteiger partial charge in [0.15, 0.2) is 0 Å². The van der Waals surface area contributed by atoms with Crippen LogP contribution in [-0.2, 0) is 14.3 Å². The third kappa shape index (κ3) is 5.84. The Morgan fingerprint density at radius 1 is 1.00 bits per heavy atom. The molecule has 2 aliphatic rings. The average molecular weight is 479 g/mol. The lowest BCUT2D eigenvalue weighted by molar-refractivity contribution is -0.138. The molecule has 0 heterocycles. The van der Waals surface area contributed by atoms with Crippen LogP contribution in [0.1, 0.15) is 56.6 Å². The Kier molecular flexibility index (Phi) is 7.73. The summed E-state index contributed by atoms with van der Waals surface area (Å²) in [5, 5.41) is 14.8. The van der Waals surface area contributed by atoms with Crippen molar-refractivity contribution in [3.05, 3.63) is 59.7 Å². The van der Waals surface area contributed by atoms with Gasteiger partial charge in [0.05, 0.1) is 5.92 Å². The van der Waals surface area contributed by atoms with Gasteiger partial charge >= 0.3 is 12.1 Å². The number of carboxylic acid groups (broad SMARTS) is 1. The van der Waals surface area contributed by atoms with E-state index in [1.807, 2.05) is 38.1 Å². The van der Waals surface area contributed by atoms with Crippen molar-refractivity contribution in [2.45, 2.75) is 51.5 Å². The van der Waals surface area contributed by atoms with Crippen molar-refractivity contribution in [2.75, 3.05) is 13.2 Å². The summed E-state index contributed by atoms with van der Waals surface area (Å²) in [4.78, 5) is 36.4. The molecule has 0 aromatic heterocycles. The molecule has 2 aromatic carbocycles. The lowest BCUT2D eigenvalue weighted by Gasteiger charge is -2.23. The second kappa shape index (κ2) is 10.9. The van der Waals surface area contributed by atoms with Crippen LogP contribution in [0.2, 0.25) is 0 Å². The Morgan fingerprint density at radius 3 is 2.23 bits per heavy atom. The zero-order chi connectivity index (χ0) is 24.9. The van der Waals surface area contributed by atoms with E-state index in [4.69, 9.17) is 9.84 Å². The number of nitrogens with one attached hydrogen (secondary N) is 2. The SMILES string of the molecule is CC(C)C(CNC(=O)OCC1c2ccccc2-c2ccccc21)C(=O)NC1CCC(CC(=O)O)C1. The van der Waals surface area contributed by atoms with E-state index in [9.17, 15) is 14.4 Å². The van der Waals surface area contributed by atoms with Gasteiger partial charge in [-0.2, -0.15) is 0 Å². The van der Waals surface area contributed by atoms with E-state index in [-0.39, 0.29) is 49.3 Å². The van der Waals surface area contributed by atoms with Gasteiger partial charge in [-0.15, -0.1) is 0 Å². The molecule has 35 heavy (non-hydrogen) atoms. The largest absolute Gasteiger partial charge is 0.481 e. The highest BCUT2D eigenvalue weighted by Gasteiger charge is 2.32. The number of hydrogen-bond donors (Lipinski definition) is 3. The van der Waals surface area contributed by atoms with Gasteiger partial charge in [0.1, 0.15) is 6.61 Å². The first-order valence-electron chi connectivity index (χ1n) is 12.4. The molecule has 0 aliphatic heterocycles. The molecule has 0 saturated heterocycles. The van der Waals surface area contributed by atoms with Gasteiger partial charge in [-0.1, -0.05) is 62.4 Å². The zero-order valence-electron chi connectivity index (χ0n) is 20.3. The first-order valence-corrected chi connectivity index (χ1v) is 12.4. The molecular weight excluding hydrogens is 444 g/mol. The number of rotatable bonds is 9. The summed E-state index contributed by atoms with van der Waals surface area (Å²) >= 11 is 0. The first kappa shape index (κ1) is 24.8. The summed E-state index contributed by atoms with van der Waals surface area (Å²) < 4.78 is 5.60. The lowest BCUT2D eigenvalue weighted by atomic mass is 9.94. The molecule has 7 nitrogen and oxygen atoms in total. The monoisotopic (exact) mass is 478 g/mol. The van der Waals surface area contributed by atoms with Crippen LogP contribution in [0.3, 0.4) is 0 Å². The number of hydrogen-bond acceptors (Lipinski definition) is 4. The minimum absolute atomic E-state index is 0.0115. The molecular formula is C28H34N2O5. The van der Waals surface area contributed by atoms with E-state index >= 15 is 0 Å². The Morgan fingerprint density at radius 2 is 1.63 bits per heavy atom. The minimum Gasteiger partial charge on any atom is -0.481 e. The molecule has 1 saturated carbocycles. The second-order valence-electron chi connectivity index (χ2n) is 10.0. The molecule has 3 N–H and O–H groups in total. The first-order chi connectivity index (χ1) is 16.8. The van der Waals surface area contributed by atoms with Crippen LogP contribution < -0.4 is 10.6 Å². The van der Waals surface area contributed by atoms with Gasteiger partial charge < -0.3 is 20.5 Å². The molecule has 3 atom stereocenters. The fourth-order valence-corrected chi connectivity index (χ4v) is 5.42. The lowest BCUT2D eigenvalue weighted by Crippen LogP contribution is -2.44. The summed E-state index contributed by atoms with van der Waals surface area (Å²) in [6.45, 7) is 4.31. The fraction of sp³-hybridized carbons (Fsp3) is 0.464. The molecule has 3 unspecified atom stereocenters. The fourth-order valence-electron chi connectivity index (χ4n) is 5.42. The van der Waals surface area contributed by atoms with Crippen molar-refractivity contribution in [3.8, 4) is 11.1 Å². The summed E-state index contributed by atoms with van der Waals surface area (Å²) in [5.74, 6) is -1.18. The molecule has 2 aliphatic carbocycles. The third-order valence-electron chi connectivity index (χ3n) is 7.30. The number of amides is 2. The van der Waals surface area contributed by atoms with Crippen molar-refractivity contribution in [1.29, 1.82) is 0 Å². The quantitative estimate of drug-likeness (QED) is 0.490. The van der Waals surface area contributed by atoms with Crippen molar-refractivity contribution in [1.82, 2.24) is 10.6 Å². The van der Waals surface area contributed by atoms with Crippen LogP contribution in [-0.4, -0.2) is 42.3 Å². The summed E-state index contributed by atoms with van der Waals surface area (Å²) in [7, 11) is 0. The Balaban J connectivity index is 1.29. The van der Waals surface area contributed by atoms with Crippen LogP contribution in [0, 0.1) is 17.8 Å². The molecule has 1 fully saturated rings. The predicted octanol–water partition coefficient (Wildman–Crippen LogP) is 4.56. The van der Waals surface area contributed by atoms with Crippen molar-refractivity contribution < 1.29 is 24.2 Å². The summed E-state index contributed by atoms with van der Waals surface area (Å²) in [6, 6.07) is 16.3. The van der Waals surface area contributed by atoms with Crippen LogP contribution in [0.5, 0.6) is 0 Å². The Hall–Kier alpha value is -3.35. The Labute approximate surface area is 206 Å². The standard InChI is InChI=1S/C28H34N2O5/c1-17(2)24(27(33)30-19-12-11-18(13-19)14-26(31)32)15-29-28(34)35-16-25-22-9-5-3-7-20(22)21-8-4-6-10-23(21)25/h3-10,17-19,24-25H,11-16H2,1-2H3,(H,29,34)(H,30,33)(H,31,32). The van der Waals surface area contributed by atoms with E-state index in [0.29, 0.717) is 6.42 Å². The number of ether oxygens (including phenoxy) is 1. The number of carboxylic acids is 1. The van der Waals surface area contributed by atoms with Crippen LogP contribution in [0.25, 0.3) is 11.1 Å². The molecule has 0 spiro atoms. The number of aliphatic carboxylic acids is 1. The van der Waals surface area contributed by atoms with E-state index < -0.39 is 18.0 Å². The van der Waals surface area contributed by atoms with Gasteiger partial charge in [0.2, 0.25) is 5.91 Å². The highest BCUT2D eigenvalue weighted by atomic mass is 16.5. The molecule has 0 radical (unpaired) electrons. The van der Waals surface area contributed by atoms with Gasteiger partial charge in [0, 0.05) is 24.9 Å².